The monoisotopic (exact) mass is 477 g/mol. The van der Waals surface area contributed by atoms with E-state index >= 15 is 0 Å². The molecule has 2 amide bonds. The lowest BCUT2D eigenvalue weighted by molar-refractivity contribution is -0.135. The first-order valence-electron chi connectivity index (χ1n) is 11.1. The molecule has 2 aliphatic rings. The number of rotatable bonds is 5. The Bertz CT molecular complexity index is 1230. The van der Waals surface area contributed by atoms with Crippen molar-refractivity contribution in [1.82, 2.24) is 15.1 Å². The highest BCUT2D eigenvalue weighted by molar-refractivity contribution is 6.31. The number of amides is 2. The number of carbonyl (C=O) groups excluding carboxylic acids is 2. The van der Waals surface area contributed by atoms with Crippen LogP contribution in [0.25, 0.3) is 0 Å². The second-order valence-corrected chi connectivity index (χ2v) is 8.81. The zero-order chi connectivity index (χ0) is 23.7. The maximum atomic E-state index is 13.6. The van der Waals surface area contributed by atoms with E-state index in [4.69, 9.17) is 16.3 Å². The number of fused-ring (bicyclic) bond motifs is 1. The summed E-state index contributed by atoms with van der Waals surface area (Å²) < 4.78 is 5.61. The summed E-state index contributed by atoms with van der Waals surface area (Å²) >= 11 is 6.34. The summed E-state index contributed by atoms with van der Waals surface area (Å²) in [4.78, 5) is 31.1. The highest BCUT2D eigenvalue weighted by atomic mass is 35.5. The van der Waals surface area contributed by atoms with Crippen LogP contribution < -0.4 is 15.0 Å². The van der Waals surface area contributed by atoms with Crippen molar-refractivity contribution in [2.24, 2.45) is 0 Å². The van der Waals surface area contributed by atoms with E-state index < -0.39 is 5.41 Å². The maximum absolute atomic E-state index is 13.6. The zero-order valence-electron chi connectivity index (χ0n) is 18.7. The fourth-order valence-electron chi connectivity index (χ4n) is 4.85. The molecule has 0 bridgehead atoms. The summed E-state index contributed by atoms with van der Waals surface area (Å²) in [5.41, 5.74) is 0.732. The molecule has 1 atom stereocenters. The van der Waals surface area contributed by atoms with E-state index in [2.05, 4.69) is 20.4 Å². The molecular weight excluding hydrogens is 454 g/mol. The van der Waals surface area contributed by atoms with Gasteiger partial charge in [-0.15, -0.1) is 5.10 Å². The van der Waals surface area contributed by atoms with Crippen LogP contribution in [0, 0.1) is 0 Å². The number of nitrogens with zero attached hydrogens (tertiary/aromatic N) is 4. The second-order valence-electron chi connectivity index (χ2n) is 8.38. The van der Waals surface area contributed by atoms with E-state index in [0.717, 1.165) is 5.82 Å². The molecule has 34 heavy (non-hydrogen) atoms. The number of hydrogen-bond acceptors (Lipinski definition) is 6. The van der Waals surface area contributed by atoms with Gasteiger partial charge in [0.2, 0.25) is 11.8 Å². The van der Waals surface area contributed by atoms with Gasteiger partial charge < -0.3 is 19.9 Å². The first kappa shape index (κ1) is 22.2. The Hall–Kier alpha value is -3.65. The largest absolute Gasteiger partial charge is 0.496 e. The van der Waals surface area contributed by atoms with Gasteiger partial charge in [0.1, 0.15) is 11.2 Å². The van der Waals surface area contributed by atoms with Crippen LogP contribution >= 0.6 is 11.6 Å². The number of aromatic nitrogens is 2. The summed E-state index contributed by atoms with van der Waals surface area (Å²) in [5.74, 6) is 0.970. The number of ether oxygens (including phenoxy) is 1. The topological polar surface area (TPSA) is 87.7 Å². The molecule has 8 nitrogen and oxygen atoms in total. The number of para-hydroxylation sites is 1. The molecule has 0 saturated carbocycles. The van der Waals surface area contributed by atoms with E-state index in [-0.39, 0.29) is 18.2 Å². The summed E-state index contributed by atoms with van der Waals surface area (Å²) in [7, 11) is 1.56. The predicted molar refractivity (Wildman–Crippen MR) is 129 cm³/mol. The van der Waals surface area contributed by atoms with Crippen molar-refractivity contribution >= 4 is 34.9 Å². The minimum Gasteiger partial charge on any atom is -0.496 e. The Kier molecular flexibility index (Phi) is 5.83. The van der Waals surface area contributed by atoms with Gasteiger partial charge in [0.15, 0.2) is 5.82 Å². The Balaban J connectivity index is 1.47. The number of hydrogen-bond donors (Lipinski definition) is 1. The van der Waals surface area contributed by atoms with E-state index in [9.17, 15) is 9.59 Å². The fourth-order valence-corrected chi connectivity index (χ4v) is 5.02. The van der Waals surface area contributed by atoms with Crippen molar-refractivity contribution in [3.8, 4) is 5.75 Å². The lowest BCUT2D eigenvalue weighted by Crippen LogP contribution is -2.51. The quantitative estimate of drug-likeness (QED) is 0.607. The Morgan fingerprint density at radius 2 is 1.88 bits per heavy atom. The molecule has 1 unspecified atom stereocenters. The number of benzene rings is 2. The fraction of sp³-hybridized carbons (Fsp3) is 0.280. The number of nitrogens with one attached hydrogen (secondary N) is 1. The van der Waals surface area contributed by atoms with E-state index in [1.807, 2.05) is 30.3 Å². The van der Waals surface area contributed by atoms with Crippen molar-refractivity contribution in [1.29, 1.82) is 0 Å². The molecule has 5 rings (SSSR count). The number of piperazine rings is 1. The van der Waals surface area contributed by atoms with Crippen LogP contribution in [0.15, 0.2) is 60.8 Å². The van der Waals surface area contributed by atoms with Gasteiger partial charge in [0, 0.05) is 55.1 Å². The maximum Gasteiger partial charge on any atom is 0.240 e. The summed E-state index contributed by atoms with van der Waals surface area (Å²) in [6.45, 7) is 2.34. The smallest absolute Gasteiger partial charge is 0.240 e. The lowest BCUT2D eigenvalue weighted by Gasteiger charge is -2.37. The molecule has 9 heteroatoms. The van der Waals surface area contributed by atoms with Gasteiger partial charge in [-0.2, -0.15) is 5.10 Å². The third-order valence-electron chi connectivity index (χ3n) is 6.57. The van der Waals surface area contributed by atoms with Crippen LogP contribution in [-0.4, -0.2) is 60.2 Å². The molecular formula is C25H24ClN5O3. The van der Waals surface area contributed by atoms with Crippen LogP contribution in [0.1, 0.15) is 17.5 Å². The number of anilines is 2. The van der Waals surface area contributed by atoms with Crippen molar-refractivity contribution in [3.63, 3.8) is 0 Å². The minimum absolute atomic E-state index is 0.0301. The van der Waals surface area contributed by atoms with Crippen LogP contribution in [0.4, 0.5) is 11.5 Å². The summed E-state index contributed by atoms with van der Waals surface area (Å²) in [5, 5.41) is 11.6. The Morgan fingerprint density at radius 3 is 2.62 bits per heavy atom. The van der Waals surface area contributed by atoms with Gasteiger partial charge in [0.05, 0.1) is 7.11 Å². The first-order chi connectivity index (χ1) is 16.5. The molecule has 0 aliphatic carbocycles. The predicted octanol–water partition coefficient (Wildman–Crippen LogP) is 3.12. The van der Waals surface area contributed by atoms with Crippen molar-refractivity contribution < 1.29 is 14.3 Å². The van der Waals surface area contributed by atoms with Crippen molar-refractivity contribution in [2.75, 3.05) is 43.5 Å². The molecule has 1 aromatic heterocycles. The van der Waals surface area contributed by atoms with Crippen LogP contribution in [0.2, 0.25) is 5.02 Å². The third kappa shape index (κ3) is 3.74. The normalized spacial score (nSPS) is 19.5. The van der Waals surface area contributed by atoms with Gasteiger partial charge in [-0.05, 0) is 42.0 Å². The van der Waals surface area contributed by atoms with Gasteiger partial charge >= 0.3 is 0 Å². The average molecular weight is 478 g/mol. The molecule has 1 fully saturated rings. The summed E-state index contributed by atoms with van der Waals surface area (Å²) in [6.07, 6.45) is 1.61. The van der Waals surface area contributed by atoms with Gasteiger partial charge in [0.25, 0.3) is 0 Å². The van der Waals surface area contributed by atoms with Gasteiger partial charge in [-0.3, -0.25) is 9.59 Å². The molecule has 0 spiro atoms. The van der Waals surface area contributed by atoms with Gasteiger partial charge in [-0.1, -0.05) is 29.8 Å². The van der Waals surface area contributed by atoms with E-state index in [1.165, 1.54) is 0 Å². The molecule has 2 aromatic carbocycles. The second kappa shape index (κ2) is 8.95. The zero-order valence-corrected chi connectivity index (χ0v) is 19.5. The van der Waals surface area contributed by atoms with Crippen LogP contribution in [0.5, 0.6) is 5.75 Å². The number of carbonyl (C=O) groups is 2. The number of methoxy groups -OCH3 is 1. The average Bonchev–Trinajstić information content (AvgIpc) is 3.15. The van der Waals surface area contributed by atoms with Crippen LogP contribution in [0.3, 0.4) is 0 Å². The SMILES string of the molecule is COc1ccccc1C1(CC(=O)N2CCN(c3cccnn3)CC2)C(=O)Nc2ccc(Cl)cc21. The van der Waals surface area contributed by atoms with Crippen LogP contribution in [-0.2, 0) is 15.0 Å². The molecule has 0 radical (unpaired) electrons. The van der Waals surface area contributed by atoms with E-state index in [1.54, 1.807) is 42.5 Å². The Labute approximate surface area is 202 Å². The highest BCUT2D eigenvalue weighted by Gasteiger charge is 2.51. The van der Waals surface area contributed by atoms with Crippen molar-refractivity contribution in [3.05, 3.63) is 76.9 Å². The van der Waals surface area contributed by atoms with Crippen molar-refractivity contribution in [2.45, 2.75) is 11.8 Å². The molecule has 174 valence electrons. The molecule has 1 N–H and O–H groups in total. The summed E-state index contributed by atoms with van der Waals surface area (Å²) in [6, 6.07) is 16.4. The molecule has 2 aliphatic heterocycles. The number of halogens is 1. The van der Waals surface area contributed by atoms with E-state index in [0.29, 0.717) is 53.8 Å². The van der Waals surface area contributed by atoms with Gasteiger partial charge in [-0.25, -0.2) is 0 Å². The molecule has 3 heterocycles. The molecule has 1 saturated heterocycles. The standard InChI is InChI=1S/C25H24ClN5O3/c1-34-21-6-3-2-5-18(21)25(19-15-17(26)8-9-20(19)28-24(25)33)16-23(32)31-13-11-30(12-14-31)22-7-4-10-27-29-22/h2-10,15H,11-14,16H2,1H3,(H,28,33). The third-order valence-corrected chi connectivity index (χ3v) is 6.81. The minimum atomic E-state index is -1.24. The highest BCUT2D eigenvalue weighted by Crippen LogP contribution is 2.49. The first-order valence-corrected chi connectivity index (χ1v) is 11.5. The Morgan fingerprint density at radius 1 is 1.09 bits per heavy atom. The molecule has 3 aromatic rings. The lowest BCUT2D eigenvalue weighted by atomic mass is 9.72.